The number of nitrogens with zero attached hydrogens (tertiary/aromatic N) is 1. The first-order valence-electron chi connectivity index (χ1n) is 8.73. The molecule has 1 saturated carbocycles. The Hall–Kier alpha value is -0.860. The van der Waals surface area contributed by atoms with Gasteiger partial charge in [0, 0.05) is 18.6 Å². The minimum Gasteiger partial charge on any atom is -0.329 e. The van der Waals surface area contributed by atoms with E-state index in [4.69, 9.17) is 5.73 Å². The first-order chi connectivity index (χ1) is 10.2. The van der Waals surface area contributed by atoms with Crippen molar-refractivity contribution in [3.63, 3.8) is 0 Å². The molecule has 1 unspecified atom stereocenters. The highest BCUT2D eigenvalue weighted by atomic mass is 15.2. The maximum absolute atomic E-state index is 6.26. The van der Waals surface area contributed by atoms with Gasteiger partial charge in [-0.25, -0.2) is 0 Å². The summed E-state index contributed by atoms with van der Waals surface area (Å²) in [7, 11) is 0. The van der Waals surface area contributed by atoms with E-state index in [-0.39, 0.29) is 0 Å². The molecule has 2 aliphatic rings. The van der Waals surface area contributed by atoms with Crippen LogP contribution in [0.2, 0.25) is 0 Å². The molecule has 1 atom stereocenters. The molecule has 0 spiro atoms. The maximum Gasteiger partial charge on any atom is 0.0332 e. The van der Waals surface area contributed by atoms with Gasteiger partial charge in [0.2, 0.25) is 0 Å². The predicted octanol–water partition coefficient (Wildman–Crippen LogP) is 3.77. The van der Waals surface area contributed by atoms with Crippen LogP contribution in [0.4, 0.5) is 0 Å². The van der Waals surface area contributed by atoms with E-state index in [1.165, 1.54) is 57.2 Å². The zero-order valence-electron chi connectivity index (χ0n) is 13.4. The predicted molar refractivity (Wildman–Crippen MR) is 89.4 cm³/mol. The van der Waals surface area contributed by atoms with E-state index in [1.807, 2.05) is 0 Å². The average Bonchev–Trinajstić information content (AvgIpc) is 2.56. The van der Waals surface area contributed by atoms with E-state index in [9.17, 15) is 0 Å². The number of likely N-dealkylation sites (tertiary alicyclic amines) is 1. The molecule has 2 fully saturated rings. The van der Waals surface area contributed by atoms with Gasteiger partial charge in [0.05, 0.1) is 0 Å². The standard InChI is InChI=1S/C19H30N2/c1-16-6-5-13-21(14-16)19(15-20)11-9-18(10-12-19)17-7-3-2-4-8-17/h2-4,7-8,16,18H,5-6,9-15,20H2,1H3. The van der Waals surface area contributed by atoms with Crippen LogP contribution < -0.4 is 5.73 Å². The first-order valence-corrected chi connectivity index (χ1v) is 8.73. The normalized spacial score (nSPS) is 34.8. The monoisotopic (exact) mass is 286 g/mol. The third kappa shape index (κ3) is 3.17. The topological polar surface area (TPSA) is 29.3 Å². The van der Waals surface area contributed by atoms with Crippen LogP contribution in [0.1, 0.15) is 56.9 Å². The fourth-order valence-electron chi connectivity index (χ4n) is 4.48. The summed E-state index contributed by atoms with van der Waals surface area (Å²) >= 11 is 0. The van der Waals surface area contributed by atoms with Crippen molar-refractivity contribution in [2.75, 3.05) is 19.6 Å². The van der Waals surface area contributed by atoms with E-state index in [2.05, 4.69) is 42.2 Å². The lowest BCUT2D eigenvalue weighted by atomic mass is 9.72. The van der Waals surface area contributed by atoms with E-state index in [0.717, 1.165) is 18.4 Å². The van der Waals surface area contributed by atoms with Gasteiger partial charge in [-0.3, -0.25) is 4.90 Å². The van der Waals surface area contributed by atoms with Crippen molar-refractivity contribution in [3.8, 4) is 0 Å². The van der Waals surface area contributed by atoms with Crippen molar-refractivity contribution in [2.24, 2.45) is 11.7 Å². The highest BCUT2D eigenvalue weighted by Gasteiger charge is 2.40. The van der Waals surface area contributed by atoms with Gasteiger partial charge in [0.15, 0.2) is 0 Å². The van der Waals surface area contributed by atoms with E-state index in [0.29, 0.717) is 5.54 Å². The first kappa shape index (κ1) is 15.1. The van der Waals surface area contributed by atoms with Gasteiger partial charge in [-0.05, 0) is 62.5 Å². The number of rotatable bonds is 3. The molecule has 116 valence electrons. The lowest BCUT2D eigenvalue weighted by molar-refractivity contribution is 0.0196. The van der Waals surface area contributed by atoms with Crippen LogP contribution >= 0.6 is 0 Å². The van der Waals surface area contributed by atoms with Crippen molar-refractivity contribution in [1.82, 2.24) is 4.90 Å². The molecule has 3 rings (SSSR count). The lowest BCUT2D eigenvalue weighted by Gasteiger charge is -2.50. The van der Waals surface area contributed by atoms with Gasteiger partial charge in [-0.1, -0.05) is 37.3 Å². The molecule has 2 heteroatoms. The van der Waals surface area contributed by atoms with E-state index in [1.54, 1.807) is 0 Å². The van der Waals surface area contributed by atoms with Crippen LogP contribution in [0.15, 0.2) is 30.3 Å². The van der Waals surface area contributed by atoms with Crippen molar-refractivity contribution in [2.45, 2.75) is 56.9 Å². The summed E-state index contributed by atoms with van der Waals surface area (Å²) in [5, 5.41) is 0. The Morgan fingerprint density at radius 2 is 1.86 bits per heavy atom. The molecule has 2 nitrogen and oxygen atoms in total. The van der Waals surface area contributed by atoms with Crippen LogP contribution in [0.5, 0.6) is 0 Å². The van der Waals surface area contributed by atoms with Gasteiger partial charge in [0.1, 0.15) is 0 Å². The van der Waals surface area contributed by atoms with Crippen LogP contribution in [0.25, 0.3) is 0 Å². The smallest absolute Gasteiger partial charge is 0.0332 e. The fourth-order valence-corrected chi connectivity index (χ4v) is 4.48. The quantitative estimate of drug-likeness (QED) is 0.916. The molecule has 0 aromatic heterocycles. The maximum atomic E-state index is 6.26. The number of hydrogen-bond donors (Lipinski definition) is 1. The second-order valence-electron chi connectivity index (χ2n) is 7.31. The van der Waals surface area contributed by atoms with Crippen LogP contribution in [-0.4, -0.2) is 30.1 Å². The van der Waals surface area contributed by atoms with Gasteiger partial charge >= 0.3 is 0 Å². The molecular formula is C19H30N2. The Morgan fingerprint density at radius 3 is 2.48 bits per heavy atom. The average molecular weight is 286 g/mol. The summed E-state index contributed by atoms with van der Waals surface area (Å²) in [5.41, 5.74) is 8.07. The van der Waals surface area contributed by atoms with Gasteiger partial charge in [-0.15, -0.1) is 0 Å². The van der Waals surface area contributed by atoms with E-state index < -0.39 is 0 Å². The Labute approximate surface area is 129 Å². The fraction of sp³-hybridized carbons (Fsp3) is 0.684. The summed E-state index contributed by atoms with van der Waals surface area (Å²) in [6.45, 7) is 5.75. The van der Waals surface area contributed by atoms with Gasteiger partial charge in [0.25, 0.3) is 0 Å². The highest BCUT2D eigenvalue weighted by Crippen LogP contribution is 2.41. The molecule has 1 saturated heterocycles. The highest BCUT2D eigenvalue weighted by molar-refractivity contribution is 5.20. The van der Waals surface area contributed by atoms with Gasteiger partial charge < -0.3 is 5.73 Å². The van der Waals surface area contributed by atoms with Crippen molar-refractivity contribution >= 4 is 0 Å². The largest absolute Gasteiger partial charge is 0.329 e. The van der Waals surface area contributed by atoms with E-state index >= 15 is 0 Å². The summed E-state index contributed by atoms with van der Waals surface area (Å²) in [4.78, 5) is 2.74. The van der Waals surface area contributed by atoms with Crippen molar-refractivity contribution in [3.05, 3.63) is 35.9 Å². The molecule has 1 aromatic carbocycles. The minimum absolute atomic E-state index is 0.292. The summed E-state index contributed by atoms with van der Waals surface area (Å²) in [5.74, 6) is 1.59. The zero-order chi connectivity index (χ0) is 14.7. The van der Waals surface area contributed by atoms with Gasteiger partial charge in [-0.2, -0.15) is 0 Å². The molecule has 1 aromatic rings. The Balaban J connectivity index is 1.67. The Morgan fingerprint density at radius 1 is 1.14 bits per heavy atom. The molecule has 1 aliphatic carbocycles. The van der Waals surface area contributed by atoms with Crippen LogP contribution in [0, 0.1) is 5.92 Å². The molecule has 0 radical (unpaired) electrons. The second kappa shape index (κ2) is 6.50. The SMILES string of the molecule is CC1CCCN(C2(CN)CCC(c3ccccc3)CC2)C1. The Kier molecular flexibility index (Phi) is 4.66. The van der Waals surface area contributed by atoms with Crippen molar-refractivity contribution in [1.29, 1.82) is 0 Å². The zero-order valence-corrected chi connectivity index (χ0v) is 13.4. The number of nitrogens with two attached hydrogens (primary N) is 1. The summed E-state index contributed by atoms with van der Waals surface area (Å²) in [6, 6.07) is 11.1. The number of piperidine rings is 1. The molecule has 2 N–H and O–H groups in total. The molecule has 0 bridgehead atoms. The molecule has 1 heterocycles. The third-order valence-electron chi connectivity index (χ3n) is 5.90. The summed E-state index contributed by atoms with van der Waals surface area (Å²) in [6.07, 6.45) is 7.89. The second-order valence-corrected chi connectivity index (χ2v) is 7.31. The summed E-state index contributed by atoms with van der Waals surface area (Å²) < 4.78 is 0. The molecule has 0 amide bonds. The number of benzene rings is 1. The van der Waals surface area contributed by atoms with Crippen LogP contribution in [-0.2, 0) is 0 Å². The molecule has 1 aliphatic heterocycles. The molecular weight excluding hydrogens is 256 g/mol. The number of hydrogen-bond acceptors (Lipinski definition) is 2. The Bertz CT molecular complexity index is 434. The third-order valence-corrected chi connectivity index (χ3v) is 5.90. The van der Waals surface area contributed by atoms with Crippen molar-refractivity contribution < 1.29 is 0 Å². The molecule has 21 heavy (non-hydrogen) atoms. The lowest BCUT2D eigenvalue weighted by Crippen LogP contribution is -2.58. The van der Waals surface area contributed by atoms with Crippen LogP contribution in [0.3, 0.4) is 0 Å². The minimum atomic E-state index is 0.292.